The molecule has 1 aromatic carbocycles. The van der Waals surface area contributed by atoms with Gasteiger partial charge >= 0.3 is 0 Å². The molecule has 0 unspecified atom stereocenters. The summed E-state index contributed by atoms with van der Waals surface area (Å²) in [5, 5.41) is 2.98. The Hall–Kier alpha value is -2.24. The average molecular weight is 372 g/mol. The normalized spacial score (nSPS) is 23.2. The molecule has 0 radical (unpaired) electrons. The number of hydrogen-bond acceptors (Lipinski definition) is 4. The minimum atomic E-state index is -0.239. The van der Waals surface area contributed by atoms with Crippen molar-refractivity contribution in [2.24, 2.45) is 5.92 Å². The van der Waals surface area contributed by atoms with Crippen LogP contribution in [0.25, 0.3) is 0 Å². The van der Waals surface area contributed by atoms with Crippen LogP contribution in [0.3, 0.4) is 0 Å². The third-order valence-electron chi connectivity index (χ3n) is 5.95. The molecule has 27 heavy (non-hydrogen) atoms. The molecule has 1 aromatic rings. The number of nitrogens with one attached hydrogen (secondary N) is 1. The second-order valence-corrected chi connectivity index (χ2v) is 7.85. The molecule has 2 heterocycles. The Labute approximate surface area is 160 Å². The van der Waals surface area contributed by atoms with Gasteiger partial charge in [0.1, 0.15) is 0 Å². The predicted molar refractivity (Wildman–Crippen MR) is 100 cm³/mol. The molecule has 0 bridgehead atoms. The monoisotopic (exact) mass is 372 g/mol. The number of hydrogen-bond donors (Lipinski definition) is 1. The summed E-state index contributed by atoms with van der Waals surface area (Å²) in [6.45, 7) is 1.24. The fourth-order valence-corrected chi connectivity index (χ4v) is 4.39. The summed E-state index contributed by atoms with van der Waals surface area (Å²) in [4.78, 5) is 27.1. The maximum Gasteiger partial charge on any atom is 0.231 e. The minimum Gasteiger partial charge on any atom is -0.454 e. The maximum atomic E-state index is 12.6. The van der Waals surface area contributed by atoms with E-state index >= 15 is 0 Å². The summed E-state index contributed by atoms with van der Waals surface area (Å²) in [7, 11) is 0. The minimum absolute atomic E-state index is 0.0330. The number of likely N-dealkylation sites (tertiary alicyclic amines) is 1. The van der Waals surface area contributed by atoms with Gasteiger partial charge in [0, 0.05) is 25.6 Å². The van der Waals surface area contributed by atoms with E-state index in [-0.39, 0.29) is 24.5 Å². The van der Waals surface area contributed by atoms with Gasteiger partial charge in [-0.15, -0.1) is 0 Å². The maximum absolute atomic E-state index is 12.6. The van der Waals surface area contributed by atoms with Gasteiger partial charge in [-0.2, -0.15) is 0 Å². The Morgan fingerprint density at radius 1 is 1.07 bits per heavy atom. The zero-order valence-corrected chi connectivity index (χ0v) is 15.7. The van der Waals surface area contributed by atoms with Crippen molar-refractivity contribution < 1.29 is 19.1 Å². The molecule has 1 N–H and O–H groups in total. The van der Waals surface area contributed by atoms with Gasteiger partial charge in [0.2, 0.25) is 18.6 Å². The topological polar surface area (TPSA) is 67.9 Å². The van der Waals surface area contributed by atoms with Gasteiger partial charge in [0.25, 0.3) is 0 Å². The first-order chi connectivity index (χ1) is 13.2. The molecule has 4 rings (SSSR count). The molecule has 146 valence electrons. The van der Waals surface area contributed by atoms with E-state index in [1.165, 1.54) is 32.1 Å². The van der Waals surface area contributed by atoms with E-state index in [2.05, 4.69) is 5.32 Å². The Kier molecular flexibility index (Phi) is 5.50. The van der Waals surface area contributed by atoms with Gasteiger partial charge in [0.15, 0.2) is 11.5 Å². The Morgan fingerprint density at radius 2 is 1.81 bits per heavy atom. The summed E-state index contributed by atoms with van der Waals surface area (Å²) < 4.78 is 10.7. The van der Waals surface area contributed by atoms with Gasteiger partial charge in [-0.1, -0.05) is 38.2 Å². The lowest BCUT2D eigenvalue weighted by atomic mass is 9.96. The zero-order chi connectivity index (χ0) is 18.6. The first-order valence-corrected chi connectivity index (χ1v) is 10.2. The van der Waals surface area contributed by atoms with Crippen LogP contribution in [0.15, 0.2) is 18.2 Å². The summed E-state index contributed by atoms with van der Waals surface area (Å²) in [5.41, 5.74) is 0.966. The largest absolute Gasteiger partial charge is 0.454 e. The molecular formula is C21H28N2O4. The SMILES string of the molecule is O=C(NCc1ccc2c(c1)OCO2)[C@@H]1CC(=O)N(C2CCCCCCC2)C1. The van der Waals surface area contributed by atoms with Crippen molar-refractivity contribution in [3.05, 3.63) is 23.8 Å². The van der Waals surface area contributed by atoms with Gasteiger partial charge < -0.3 is 19.7 Å². The molecule has 2 amide bonds. The molecule has 1 saturated carbocycles. The molecule has 6 nitrogen and oxygen atoms in total. The Morgan fingerprint density at radius 3 is 2.63 bits per heavy atom. The molecular weight excluding hydrogens is 344 g/mol. The summed E-state index contributed by atoms with van der Waals surface area (Å²) in [6.07, 6.45) is 8.71. The van der Waals surface area contributed by atoms with Crippen LogP contribution in [0.1, 0.15) is 56.9 Å². The van der Waals surface area contributed by atoms with Crippen LogP contribution in [-0.2, 0) is 16.1 Å². The van der Waals surface area contributed by atoms with Crippen molar-refractivity contribution in [1.82, 2.24) is 10.2 Å². The molecule has 0 spiro atoms. The van der Waals surface area contributed by atoms with E-state index in [1.807, 2.05) is 23.1 Å². The van der Waals surface area contributed by atoms with Crippen molar-refractivity contribution in [2.75, 3.05) is 13.3 Å². The van der Waals surface area contributed by atoms with Crippen LogP contribution < -0.4 is 14.8 Å². The predicted octanol–water partition coefficient (Wildman–Crippen LogP) is 2.99. The smallest absolute Gasteiger partial charge is 0.231 e. The second-order valence-electron chi connectivity index (χ2n) is 7.85. The molecule has 1 aliphatic carbocycles. The van der Waals surface area contributed by atoms with E-state index in [1.54, 1.807) is 0 Å². The van der Waals surface area contributed by atoms with Crippen molar-refractivity contribution in [3.8, 4) is 11.5 Å². The van der Waals surface area contributed by atoms with Crippen LogP contribution in [0, 0.1) is 5.92 Å². The standard InChI is InChI=1S/C21H28N2O4/c24-20-11-16(13-23(20)17-6-4-2-1-3-5-7-17)21(25)22-12-15-8-9-18-19(10-15)27-14-26-18/h8-10,16-17H,1-7,11-14H2,(H,22,25)/t16-/m1/s1. The lowest BCUT2D eigenvalue weighted by Crippen LogP contribution is -2.38. The average Bonchev–Trinajstić information content (AvgIpc) is 3.26. The highest BCUT2D eigenvalue weighted by atomic mass is 16.7. The van der Waals surface area contributed by atoms with E-state index in [4.69, 9.17) is 9.47 Å². The molecule has 2 fully saturated rings. The van der Waals surface area contributed by atoms with E-state index in [0.29, 0.717) is 31.3 Å². The highest BCUT2D eigenvalue weighted by molar-refractivity contribution is 5.89. The lowest BCUT2D eigenvalue weighted by Gasteiger charge is -2.29. The second kappa shape index (κ2) is 8.19. The van der Waals surface area contributed by atoms with Crippen molar-refractivity contribution in [2.45, 2.75) is 64.0 Å². The summed E-state index contributed by atoms with van der Waals surface area (Å²) >= 11 is 0. The molecule has 3 aliphatic rings. The number of rotatable bonds is 4. The van der Waals surface area contributed by atoms with Crippen LogP contribution in [0.5, 0.6) is 11.5 Å². The third kappa shape index (κ3) is 4.20. The van der Waals surface area contributed by atoms with Crippen molar-refractivity contribution in [3.63, 3.8) is 0 Å². The fraction of sp³-hybridized carbons (Fsp3) is 0.619. The first-order valence-electron chi connectivity index (χ1n) is 10.2. The van der Waals surface area contributed by atoms with Gasteiger partial charge in [-0.25, -0.2) is 0 Å². The molecule has 1 saturated heterocycles. The first kappa shape index (κ1) is 18.1. The zero-order valence-electron chi connectivity index (χ0n) is 15.7. The number of carbonyl (C=O) groups is 2. The third-order valence-corrected chi connectivity index (χ3v) is 5.95. The highest BCUT2D eigenvalue weighted by Gasteiger charge is 2.37. The highest BCUT2D eigenvalue weighted by Crippen LogP contribution is 2.32. The number of fused-ring (bicyclic) bond motifs is 1. The lowest BCUT2D eigenvalue weighted by molar-refractivity contribution is -0.130. The van der Waals surface area contributed by atoms with E-state index < -0.39 is 0 Å². The molecule has 0 aromatic heterocycles. The van der Waals surface area contributed by atoms with E-state index in [0.717, 1.165) is 24.2 Å². The number of nitrogens with zero attached hydrogens (tertiary/aromatic N) is 1. The number of amides is 2. The molecule has 1 atom stereocenters. The Balaban J connectivity index is 1.31. The molecule has 6 heteroatoms. The Bertz CT molecular complexity index is 697. The van der Waals surface area contributed by atoms with Crippen molar-refractivity contribution in [1.29, 1.82) is 0 Å². The van der Waals surface area contributed by atoms with E-state index in [9.17, 15) is 9.59 Å². The van der Waals surface area contributed by atoms with Crippen molar-refractivity contribution >= 4 is 11.8 Å². The van der Waals surface area contributed by atoms with Gasteiger partial charge in [-0.3, -0.25) is 9.59 Å². The van der Waals surface area contributed by atoms with Gasteiger partial charge in [-0.05, 0) is 30.5 Å². The quantitative estimate of drug-likeness (QED) is 0.882. The van der Waals surface area contributed by atoms with Crippen LogP contribution in [0.4, 0.5) is 0 Å². The number of benzene rings is 1. The number of ether oxygens (including phenoxy) is 2. The van der Waals surface area contributed by atoms with Crippen LogP contribution >= 0.6 is 0 Å². The van der Waals surface area contributed by atoms with Crippen LogP contribution in [0.2, 0.25) is 0 Å². The van der Waals surface area contributed by atoms with Gasteiger partial charge in [0.05, 0.1) is 5.92 Å². The number of carbonyl (C=O) groups excluding carboxylic acids is 2. The molecule has 2 aliphatic heterocycles. The fourth-order valence-electron chi connectivity index (χ4n) is 4.39. The van der Waals surface area contributed by atoms with Crippen LogP contribution in [-0.4, -0.2) is 36.1 Å². The summed E-state index contributed by atoms with van der Waals surface area (Å²) in [6, 6.07) is 6.00. The summed E-state index contributed by atoms with van der Waals surface area (Å²) in [5.74, 6) is 1.32.